The molecular formula is C66H75N9O3. The van der Waals surface area contributed by atoms with Gasteiger partial charge in [-0.25, -0.2) is 15.0 Å². The molecule has 1 N–H and O–H groups in total. The molecule has 3 fully saturated rings. The first-order valence-corrected chi connectivity index (χ1v) is 28.0. The molecule has 3 unspecified atom stereocenters. The van der Waals surface area contributed by atoms with E-state index >= 15 is 0 Å². The van der Waals surface area contributed by atoms with Crippen molar-refractivity contribution in [3.8, 4) is 28.7 Å². The minimum absolute atomic E-state index is 0.122. The van der Waals surface area contributed by atoms with Crippen LogP contribution < -0.4 is 10.1 Å². The van der Waals surface area contributed by atoms with Gasteiger partial charge < -0.3 is 19.0 Å². The second-order valence-corrected chi connectivity index (χ2v) is 22.4. The van der Waals surface area contributed by atoms with Crippen molar-refractivity contribution in [3.63, 3.8) is 0 Å². The second kappa shape index (κ2) is 23.2. The van der Waals surface area contributed by atoms with Crippen molar-refractivity contribution in [1.29, 1.82) is 0 Å². The van der Waals surface area contributed by atoms with Crippen molar-refractivity contribution in [1.82, 2.24) is 40.3 Å². The summed E-state index contributed by atoms with van der Waals surface area (Å²) >= 11 is 0. The van der Waals surface area contributed by atoms with E-state index in [9.17, 15) is 0 Å². The van der Waals surface area contributed by atoms with Crippen LogP contribution in [0.3, 0.4) is 0 Å². The maximum atomic E-state index is 6.08. The van der Waals surface area contributed by atoms with E-state index in [1.165, 1.54) is 63.8 Å². The Kier molecular flexibility index (Phi) is 16.0. The Bertz CT molecular complexity index is 3310. The summed E-state index contributed by atoms with van der Waals surface area (Å²) in [7, 11) is 0. The molecule has 12 rings (SSSR count). The number of ether oxygens (including phenoxy) is 1. The van der Waals surface area contributed by atoms with E-state index in [4.69, 9.17) is 13.7 Å². The lowest BCUT2D eigenvalue weighted by Crippen LogP contribution is -2.11. The number of allylic oxidation sites excluding steroid dienone is 4. The highest BCUT2D eigenvalue weighted by Gasteiger charge is 2.31. The number of hydrogen-bond acceptors (Lipinski definition) is 12. The predicted molar refractivity (Wildman–Crippen MR) is 310 cm³/mol. The molecule has 8 aromatic rings. The zero-order chi connectivity index (χ0) is 54.8. The molecule has 78 heavy (non-hydrogen) atoms. The number of benzene rings is 4. The Hall–Kier alpha value is -7.60. The topological polar surface area (TPSA) is 151 Å². The second-order valence-electron chi connectivity index (χ2n) is 22.4. The molecule has 4 aromatic carbocycles. The highest BCUT2D eigenvalue weighted by Crippen LogP contribution is 2.44. The molecule has 4 aromatic heterocycles. The maximum absolute atomic E-state index is 6.08. The Balaban J connectivity index is 0.000000132. The van der Waals surface area contributed by atoms with Crippen LogP contribution in [0.1, 0.15) is 186 Å². The van der Waals surface area contributed by atoms with Crippen molar-refractivity contribution < 1.29 is 13.7 Å². The third-order valence-corrected chi connectivity index (χ3v) is 15.9. The number of nitrogens with zero attached hydrogens (tertiary/aromatic N) is 8. The molecular weight excluding hydrogens is 967 g/mol. The van der Waals surface area contributed by atoms with E-state index in [0.717, 1.165) is 101 Å². The lowest BCUT2D eigenvalue weighted by atomic mass is 9.88. The first kappa shape index (κ1) is 53.8. The minimum Gasteiger partial charge on any atom is -0.469 e. The van der Waals surface area contributed by atoms with E-state index < -0.39 is 0 Å². The van der Waals surface area contributed by atoms with Crippen molar-refractivity contribution in [2.75, 3.05) is 5.32 Å². The van der Waals surface area contributed by atoms with Gasteiger partial charge in [-0.1, -0.05) is 108 Å². The molecule has 0 aliphatic heterocycles. The average Bonchev–Trinajstić information content (AvgIpc) is 4.44. The zero-order valence-electron chi connectivity index (χ0n) is 47.7. The van der Waals surface area contributed by atoms with Crippen LogP contribution in [0.2, 0.25) is 0 Å². The van der Waals surface area contributed by atoms with Gasteiger partial charge in [-0.3, -0.25) is 0 Å². The monoisotopic (exact) mass is 1040 g/mol. The number of hydrogen-bond donors (Lipinski definition) is 1. The number of anilines is 1. The first-order chi connectivity index (χ1) is 37.5. The van der Waals surface area contributed by atoms with Crippen LogP contribution in [0.4, 0.5) is 5.82 Å². The number of rotatable bonds is 15. The molecule has 0 bridgehead atoms. The molecule has 12 nitrogen and oxygen atoms in total. The molecule has 0 amide bonds. The van der Waals surface area contributed by atoms with Gasteiger partial charge in [-0.15, -0.1) is 10.2 Å². The van der Waals surface area contributed by atoms with Gasteiger partial charge in [0.1, 0.15) is 23.6 Å². The van der Waals surface area contributed by atoms with Gasteiger partial charge in [0.15, 0.2) is 0 Å². The number of nitrogens with one attached hydrogen (secondary N) is 1. The summed E-state index contributed by atoms with van der Waals surface area (Å²) in [5.41, 5.74) is 19.9. The molecule has 402 valence electrons. The molecule has 4 heterocycles. The SMILES string of the molecule is Cc1cc(C)c(C)c(CC(C)c2ccc(C3=CC=C(C4CC4)C3)cc2)c1.Cc1nc(C)c(C)c(NC(C)c2ccc(-c3nnc(C4CC4)o3)cc2)n1.Cc1nc(C)c(C)c(OC(C)c2ccc(-c3noc(C4CC4)n3)cc2)n1. The summed E-state index contributed by atoms with van der Waals surface area (Å²) in [5, 5.41) is 15.9. The third kappa shape index (κ3) is 13.0. The number of aromatic nitrogens is 8. The fourth-order valence-electron chi connectivity index (χ4n) is 10.1. The quantitative estimate of drug-likeness (QED) is 0.104. The molecule has 0 saturated heterocycles. The Morgan fingerprint density at radius 1 is 0.577 bits per heavy atom. The fraction of sp³-hybridized carbons (Fsp3) is 0.394. The van der Waals surface area contributed by atoms with Gasteiger partial charge in [0, 0.05) is 51.5 Å². The van der Waals surface area contributed by atoms with E-state index in [2.05, 4.69) is 141 Å². The summed E-state index contributed by atoms with van der Waals surface area (Å²) in [6.07, 6.45) is 14.3. The van der Waals surface area contributed by atoms with Crippen LogP contribution in [0, 0.1) is 68.2 Å². The van der Waals surface area contributed by atoms with Crippen molar-refractivity contribution >= 4 is 11.4 Å². The van der Waals surface area contributed by atoms with Gasteiger partial charge in [0.05, 0.1) is 0 Å². The van der Waals surface area contributed by atoms with E-state index in [1.54, 1.807) is 5.57 Å². The average molecular weight is 1040 g/mol. The summed E-state index contributed by atoms with van der Waals surface area (Å²) < 4.78 is 17.2. The molecule has 3 saturated carbocycles. The summed E-state index contributed by atoms with van der Waals surface area (Å²) in [6.45, 7) is 25.0. The van der Waals surface area contributed by atoms with Crippen molar-refractivity contribution in [2.45, 2.75) is 164 Å². The first-order valence-electron chi connectivity index (χ1n) is 28.0. The molecule has 12 heteroatoms. The van der Waals surface area contributed by atoms with Crippen LogP contribution in [0.5, 0.6) is 5.88 Å². The van der Waals surface area contributed by atoms with Gasteiger partial charge in [-0.05, 0) is 196 Å². The number of aryl methyl sites for hydroxylation is 6. The Morgan fingerprint density at radius 3 is 1.86 bits per heavy atom. The largest absolute Gasteiger partial charge is 0.469 e. The van der Waals surface area contributed by atoms with E-state index in [-0.39, 0.29) is 12.1 Å². The molecule has 4 aliphatic rings. The lowest BCUT2D eigenvalue weighted by Gasteiger charge is -2.18. The molecule has 0 spiro atoms. The van der Waals surface area contributed by atoms with Crippen molar-refractivity contribution in [3.05, 3.63) is 193 Å². The normalized spacial score (nSPS) is 16.0. The van der Waals surface area contributed by atoms with Crippen LogP contribution in [-0.4, -0.2) is 40.3 Å². The smallest absolute Gasteiger partial charge is 0.247 e. The van der Waals surface area contributed by atoms with E-state index in [1.807, 2.05) is 84.9 Å². The standard InChI is InChI=1S/C26H30.C20H23N5O.C20H22N4O2/c1-17-13-18(2)20(4)26(14-17)15-19(3)21-5-7-22(8-6-21)24-11-12-25(16-24)23-9-10-23;1-11-12(2)21-14(4)23-18(11)22-13(3)15-5-7-16(8-6-15)19-24-25-20(26-19)17-9-10-17;1-11-12(2)21-14(4)22-19(11)25-13(3)15-5-7-16(8-6-15)18-23-20(26-24-18)17-9-10-17/h5-8,11-14,19,23H,9-10,15-16H2,1-4H3;5-8,13,17H,9-10H2,1-4H3,(H,21,22,23);5-8,13,17H,9-10H2,1-4H3. The minimum atomic E-state index is -0.122. The summed E-state index contributed by atoms with van der Waals surface area (Å²) in [5.74, 6) is 8.16. The van der Waals surface area contributed by atoms with Gasteiger partial charge in [0.25, 0.3) is 0 Å². The van der Waals surface area contributed by atoms with Crippen LogP contribution in [0.25, 0.3) is 28.4 Å². The van der Waals surface area contributed by atoms with Gasteiger partial charge >= 0.3 is 0 Å². The van der Waals surface area contributed by atoms with Crippen LogP contribution >= 0.6 is 0 Å². The van der Waals surface area contributed by atoms with E-state index in [0.29, 0.717) is 41.2 Å². The predicted octanol–water partition coefficient (Wildman–Crippen LogP) is 16.1. The summed E-state index contributed by atoms with van der Waals surface area (Å²) in [4.78, 5) is 22.2. The molecule has 0 radical (unpaired) electrons. The molecule has 3 atom stereocenters. The fourth-order valence-corrected chi connectivity index (χ4v) is 10.1. The Labute approximate surface area is 460 Å². The summed E-state index contributed by atoms with van der Waals surface area (Å²) in [6, 6.07) is 30.4. The maximum Gasteiger partial charge on any atom is 0.247 e. The highest BCUT2D eigenvalue weighted by molar-refractivity contribution is 5.73. The third-order valence-electron chi connectivity index (χ3n) is 15.9. The lowest BCUT2D eigenvalue weighted by molar-refractivity contribution is 0.214. The zero-order valence-corrected chi connectivity index (χ0v) is 47.7. The molecule has 4 aliphatic carbocycles. The van der Waals surface area contributed by atoms with Crippen LogP contribution in [-0.2, 0) is 6.42 Å². The van der Waals surface area contributed by atoms with Gasteiger partial charge in [-0.2, -0.15) is 9.97 Å². The van der Waals surface area contributed by atoms with Gasteiger partial charge in [0.2, 0.25) is 29.4 Å². The Morgan fingerprint density at radius 2 is 1.18 bits per heavy atom. The van der Waals surface area contributed by atoms with Crippen molar-refractivity contribution in [2.24, 2.45) is 5.92 Å². The van der Waals surface area contributed by atoms with Crippen LogP contribution in [0.15, 0.2) is 112 Å². The highest BCUT2D eigenvalue weighted by atomic mass is 16.5.